The van der Waals surface area contributed by atoms with Crippen molar-refractivity contribution in [2.45, 2.75) is 43.6 Å². The van der Waals surface area contributed by atoms with E-state index in [0.717, 1.165) is 6.42 Å². The van der Waals surface area contributed by atoms with Gasteiger partial charge in [-0.25, -0.2) is 9.37 Å². The van der Waals surface area contributed by atoms with Gasteiger partial charge in [0.05, 0.1) is 18.3 Å². The Bertz CT molecular complexity index is 1230. The maximum absolute atomic E-state index is 13.3. The van der Waals surface area contributed by atoms with Crippen molar-refractivity contribution in [3.63, 3.8) is 0 Å². The van der Waals surface area contributed by atoms with Crippen LogP contribution in [0.5, 0.6) is 0 Å². The van der Waals surface area contributed by atoms with Crippen molar-refractivity contribution < 1.29 is 13.9 Å². The lowest BCUT2D eigenvalue weighted by atomic mass is 9.90. The molecule has 11 heteroatoms. The summed E-state index contributed by atoms with van der Waals surface area (Å²) < 4.78 is 21.6. The van der Waals surface area contributed by atoms with E-state index < -0.39 is 6.17 Å². The van der Waals surface area contributed by atoms with Crippen molar-refractivity contribution in [1.82, 2.24) is 24.5 Å². The molecule has 3 heterocycles. The minimum atomic E-state index is -0.855. The molecule has 2 atom stereocenters. The van der Waals surface area contributed by atoms with Gasteiger partial charge >= 0.3 is 0 Å². The van der Waals surface area contributed by atoms with E-state index in [1.54, 1.807) is 43.1 Å². The molecule has 32 heavy (non-hydrogen) atoms. The zero-order chi connectivity index (χ0) is 22.4. The van der Waals surface area contributed by atoms with Crippen molar-refractivity contribution >= 4 is 28.9 Å². The van der Waals surface area contributed by atoms with E-state index in [9.17, 15) is 14.0 Å². The molecule has 0 aliphatic heterocycles. The number of methoxy groups -OCH3 is 1. The molecule has 3 N–H and O–H groups in total. The molecule has 2 saturated carbocycles. The largest absolute Gasteiger partial charge is 0.379 e. The fourth-order valence-electron chi connectivity index (χ4n) is 3.97. The van der Waals surface area contributed by atoms with E-state index in [-0.39, 0.29) is 29.7 Å². The number of ether oxygens (including phenoxy) is 1. The highest BCUT2D eigenvalue weighted by Gasteiger charge is 2.39. The van der Waals surface area contributed by atoms with Gasteiger partial charge in [-0.1, -0.05) is 0 Å². The molecule has 1 amide bonds. The van der Waals surface area contributed by atoms with E-state index in [2.05, 4.69) is 26.0 Å². The quantitative estimate of drug-likeness (QED) is 0.513. The van der Waals surface area contributed by atoms with Crippen LogP contribution in [-0.2, 0) is 4.74 Å². The van der Waals surface area contributed by atoms with Gasteiger partial charge in [0.15, 0.2) is 5.65 Å². The minimum absolute atomic E-state index is 0.0225. The molecule has 3 aromatic heterocycles. The molecule has 3 aromatic rings. The van der Waals surface area contributed by atoms with E-state index in [0.29, 0.717) is 41.4 Å². The first-order chi connectivity index (χ1) is 15.5. The fraction of sp³-hybridized carbons (Fsp3) is 0.429. The number of nitrogens with one attached hydrogen (secondary N) is 3. The van der Waals surface area contributed by atoms with Gasteiger partial charge < -0.3 is 25.3 Å². The molecule has 5 rings (SSSR count). The maximum atomic E-state index is 13.3. The summed E-state index contributed by atoms with van der Waals surface area (Å²) in [6.07, 6.45) is 3.77. The van der Waals surface area contributed by atoms with Crippen molar-refractivity contribution in [1.29, 1.82) is 0 Å². The predicted octanol–water partition coefficient (Wildman–Crippen LogP) is 1.87. The standard InChI is InChI=1S/C21H24FN7O3/c1-23-18-9-17(25-14-4-3-5-28(21(14)31)12-6-11(22)7-12)27-19-13(10-24-29(18)19)20(30)26-15-8-16(15)32-2/h3-5,9-12,15-16,23H,6-8H2,1-2H3,(H,25,27)(H,26,30)/t11?,12?,15?,16-/m0/s1. The minimum Gasteiger partial charge on any atom is -0.379 e. The highest BCUT2D eigenvalue weighted by atomic mass is 19.1. The van der Waals surface area contributed by atoms with Gasteiger partial charge in [-0.2, -0.15) is 9.61 Å². The summed E-state index contributed by atoms with van der Waals surface area (Å²) in [5.74, 6) is 0.682. The van der Waals surface area contributed by atoms with Crippen LogP contribution in [0.25, 0.3) is 5.65 Å². The third-order valence-corrected chi connectivity index (χ3v) is 6.01. The van der Waals surface area contributed by atoms with Crippen LogP contribution in [0.4, 0.5) is 21.7 Å². The number of pyridine rings is 1. The van der Waals surface area contributed by atoms with Crippen LogP contribution in [0, 0.1) is 0 Å². The summed E-state index contributed by atoms with van der Waals surface area (Å²) in [7, 11) is 3.34. The van der Waals surface area contributed by atoms with Crippen LogP contribution in [0.3, 0.4) is 0 Å². The molecule has 0 aromatic carbocycles. The lowest BCUT2D eigenvalue weighted by Gasteiger charge is -2.31. The number of carbonyl (C=O) groups excluding carboxylic acids is 1. The number of halogens is 1. The van der Waals surface area contributed by atoms with Crippen LogP contribution >= 0.6 is 0 Å². The van der Waals surface area contributed by atoms with E-state index in [4.69, 9.17) is 4.74 Å². The molecular formula is C21H24FN7O3. The van der Waals surface area contributed by atoms with Crippen molar-refractivity contribution in [3.8, 4) is 0 Å². The number of alkyl halides is 1. The van der Waals surface area contributed by atoms with Gasteiger partial charge in [0.2, 0.25) is 0 Å². The Balaban J connectivity index is 1.45. The number of amides is 1. The molecule has 1 unspecified atom stereocenters. The van der Waals surface area contributed by atoms with Crippen LogP contribution < -0.4 is 21.5 Å². The molecule has 2 aliphatic rings. The van der Waals surface area contributed by atoms with Crippen LogP contribution in [0.1, 0.15) is 35.7 Å². The fourth-order valence-corrected chi connectivity index (χ4v) is 3.97. The van der Waals surface area contributed by atoms with Gasteiger partial charge in [-0.3, -0.25) is 9.59 Å². The first kappa shape index (κ1) is 20.4. The smallest absolute Gasteiger partial charge is 0.274 e. The number of nitrogens with zero attached hydrogens (tertiary/aromatic N) is 4. The molecule has 0 radical (unpaired) electrons. The van der Waals surface area contributed by atoms with Crippen molar-refractivity contribution in [3.05, 3.63) is 46.5 Å². The monoisotopic (exact) mass is 441 g/mol. The average Bonchev–Trinajstić information content (AvgIpc) is 3.37. The Labute approximate surface area is 182 Å². The summed E-state index contributed by atoms with van der Waals surface area (Å²) >= 11 is 0. The molecule has 0 spiro atoms. The molecule has 2 fully saturated rings. The number of hydrogen-bond donors (Lipinski definition) is 3. The Morgan fingerprint density at radius 2 is 2.12 bits per heavy atom. The number of rotatable bonds is 7. The molecule has 0 saturated heterocycles. The summed E-state index contributed by atoms with van der Waals surface area (Å²) in [6.45, 7) is 0. The van der Waals surface area contributed by atoms with Gasteiger partial charge in [0.1, 0.15) is 29.1 Å². The molecule has 168 valence electrons. The second-order valence-corrected chi connectivity index (χ2v) is 8.14. The van der Waals surface area contributed by atoms with Crippen LogP contribution in [0.15, 0.2) is 35.4 Å². The Kier molecular flexibility index (Phi) is 5.04. The first-order valence-electron chi connectivity index (χ1n) is 10.5. The second-order valence-electron chi connectivity index (χ2n) is 8.14. The topological polar surface area (TPSA) is 115 Å². The Morgan fingerprint density at radius 1 is 1.31 bits per heavy atom. The van der Waals surface area contributed by atoms with Crippen molar-refractivity contribution in [2.75, 3.05) is 24.8 Å². The average molecular weight is 441 g/mol. The summed E-state index contributed by atoms with van der Waals surface area (Å²) in [5, 5.41) is 13.3. The lowest BCUT2D eigenvalue weighted by molar-refractivity contribution is 0.0936. The van der Waals surface area contributed by atoms with Crippen molar-refractivity contribution in [2.24, 2.45) is 0 Å². The lowest BCUT2D eigenvalue weighted by Crippen LogP contribution is -2.35. The normalized spacial score (nSPS) is 24.1. The molecule has 10 nitrogen and oxygen atoms in total. The predicted molar refractivity (Wildman–Crippen MR) is 116 cm³/mol. The van der Waals surface area contributed by atoms with Gasteiger partial charge in [-0.15, -0.1) is 0 Å². The van der Waals surface area contributed by atoms with E-state index in [1.807, 2.05) is 0 Å². The van der Waals surface area contributed by atoms with Gasteiger partial charge in [0, 0.05) is 32.5 Å². The van der Waals surface area contributed by atoms with E-state index in [1.165, 1.54) is 10.7 Å². The highest BCUT2D eigenvalue weighted by Crippen LogP contribution is 2.33. The zero-order valence-electron chi connectivity index (χ0n) is 17.7. The van der Waals surface area contributed by atoms with Gasteiger partial charge in [-0.05, 0) is 31.4 Å². The number of carbonyl (C=O) groups is 1. The summed E-state index contributed by atoms with van der Waals surface area (Å²) in [6, 6.07) is 4.93. The van der Waals surface area contributed by atoms with Gasteiger partial charge in [0.25, 0.3) is 11.5 Å². The number of anilines is 3. The second kappa shape index (κ2) is 7.90. The third-order valence-electron chi connectivity index (χ3n) is 6.01. The zero-order valence-corrected chi connectivity index (χ0v) is 17.7. The van der Waals surface area contributed by atoms with E-state index >= 15 is 0 Å². The molecule has 0 bridgehead atoms. The number of fused-ring (bicyclic) bond motifs is 1. The highest BCUT2D eigenvalue weighted by molar-refractivity contribution is 6.00. The number of aromatic nitrogens is 4. The van der Waals surface area contributed by atoms with Crippen LogP contribution in [0.2, 0.25) is 0 Å². The summed E-state index contributed by atoms with van der Waals surface area (Å²) in [5.41, 5.74) is 0.742. The Hall–Kier alpha value is -3.47. The Morgan fingerprint density at radius 3 is 2.81 bits per heavy atom. The maximum Gasteiger partial charge on any atom is 0.274 e. The third kappa shape index (κ3) is 3.58. The summed E-state index contributed by atoms with van der Waals surface area (Å²) in [4.78, 5) is 30.2. The number of hydrogen-bond acceptors (Lipinski definition) is 7. The first-order valence-corrected chi connectivity index (χ1v) is 10.5. The van der Waals surface area contributed by atoms with Crippen LogP contribution in [-0.4, -0.2) is 57.5 Å². The SMILES string of the molecule is CNc1cc(Nc2cccn(C3CC(F)C3)c2=O)nc2c(C(=O)NC3C[C@@H]3OC)cnn12. The molecule has 2 aliphatic carbocycles. The molecular weight excluding hydrogens is 417 g/mol.